The van der Waals surface area contributed by atoms with E-state index in [4.69, 9.17) is 0 Å². The second-order valence-electron chi connectivity index (χ2n) is 5.72. The molecule has 0 aliphatic heterocycles. The summed E-state index contributed by atoms with van der Waals surface area (Å²) in [5.74, 6) is -29.8. The van der Waals surface area contributed by atoms with Gasteiger partial charge in [0.15, 0.2) is 0 Å². The van der Waals surface area contributed by atoms with Crippen LogP contribution in [-0.4, -0.2) is 48.1 Å². The van der Waals surface area contributed by atoms with Crippen LogP contribution in [0.25, 0.3) is 0 Å². The third-order valence-corrected chi connectivity index (χ3v) is 3.78. The predicted octanol–water partition coefficient (Wildman–Crippen LogP) is 5.00. The number of hydrogen-bond donors (Lipinski definition) is 1. The highest BCUT2D eigenvalue weighted by atomic mass is 19.4. The first-order chi connectivity index (χ1) is 12.8. The molecule has 0 saturated carbocycles. The zero-order valence-electron chi connectivity index (χ0n) is 14.0. The van der Waals surface area contributed by atoms with Crippen LogP contribution in [0.15, 0.2) is 24.3 Å². The monoisotopic (exact) mass is 448 g/mol. The lowest BCUT2D eigenvalue weighted by atomic mass is 9.91. The van der Waals surface area contributed by atoms with Crippen molar-refractivity contribution >= 4 is 5.97 Å². The Morgan fingerprint density at radius 3 is 1.83 bits per heavy atom. The van der Waals surface area contributed by atoms with Crippen molar-refractivity contribution in [1.29, 1.82) is 0 Å². The van der Waals surface area contributed by atoms with Crippen molar-refractivity contribution in [1.82, 2.24) is 0 Å². The molecule has 1 atom stereocenters. The van der Waals surface area contributed by atoms with Gasteiger partial charge < -0.3 is 9.84 Å². The summed E-state index contributed by atoms with van der Waals surface area (Å²) in [6, 6.07) is 3.72. The minimum atomic E-state index is -7.57. The average Bonchev–Trinajstić information content (AvgIpc) is 2.59. The molecule has 0 fully saturated rings. The van der Waals surface area contributed by atoms with E-state index in [-0.39, 0.29) is 0 Å². The van der Waals surface area contributed by atoms with Gasteiger partial charge in [-0.05, 0) is 11.6 Å². The highest BCUT2D eigenvalue weighted by Crippen LogP contribution is 2.58. The summed E-state index contributed by atoms with van der Waals surface area (Å²) in [5.41, 5.74) is -1.49. The summed E-state index contributed by atoms with van der Waals surface area (Å²) in [4.78, 5) is 11.5. The van der Waals surface area contributed by atoms with Crippen molar-refractivity contribution in [3.8, 4) is 0 Å². The largest absolute Gasteiger partial charge is 0.465 e. The van der Waals surface area contributed by atoms with E-state index in [0.717, 1.165) is 31.4 Å². The van der Waals surface area contributed by atoms with Gasteiger partial charge in [-0.3, -0.25) is 0 Å². The van der Waals surface area contributed by atoms with Crippen LogP contribution in [0.1, 0.15) is 28.4 Å². The Kier molecular flexibility index (Phi) is 6.54. The summed E-state index contributed by atoms with van der Waals surface area (Å²) in [6.07, 6.45) is -12.8. The summed E-state index contributed by atoms with van der Waals surface area (Å²) in [5, 5.41) is 9.70. The molecule has 0 spiro atoms. The van der Waals surface area contributed by atoms with Gasteiger partial charge in [0.2, 0.25) is 0 Å². The first kappa shape index (κ1) is 24.9. The van der Waals surface area contributed by atoms with Crippen molar-refractivity contribution in [2.75, 3.05) is 7.11 Å². The van der Waals surface area contributed by atoms with Gasteiger partial charge in [0.25, 0.3) is 0 Å². The maximum atomic E-state index is 13.8. The van der Waals surface area contributed by atoms with Gasteiger partial charge in [-0.2, -0.15) is 48.3 Å². The number of benzene rings is 1. The van der Waals surface area contributed by atoms with Crippen LogP contribution in [0.3, 0.4) is 0 Å². The second-order valence-corrected chi connectivity index (χ2v) is 5.72. The number of esters is 1. The number of carbonyl (C=O) groups excluding carboxylic acids is 1. The molecule has 0 aliphatic carbocycles. The molecule has 0 saturated heterocycles. The summed E-state index contributed by atoms with van der Waals surface area (Å²) in [7, 11) is 0.814. The molecule has 0 aromatic heterocycles. The third-order valence-electron chi connectivity index (χ3n) is 3.78. The molecule has 0 amide bonds. The maximum absolute atomic E-state index is 13.8. The molecule has 0 aliphatic rings. The van der Waals surface area contributed by atoms with E-state index in [9.17, 15) is 58.2 Å². The molecule has 1 unspecified atom stereocenters. The lowest BCUT2D eigenvalue weighted by Gasteiger charge is -2.37. The fourth-order valence-electron chi connectivity index (χ4n) is 2.17. The minimum absolute atomic E-state index is 0.658. The molecular weight excluding hydrogens is 437 g/mol. The fourth-order valence-corrected chi connectivity index (χ4v) is 2.17. The van der Waals surface area contributed by atoms with E-state index >= 15 is 0 Å². The molecule has 1 aromatic rings. The normalized spacial score (nSPS) is 15.2. The Balaban J connectivity index is 3.33. The Bertz CT molecular complexity index is 743. The van der Waals surface area contributed by atoms with Crippen LogP contribution >= 0.6 is 0 Å². The predicted molar refractivity (Wildman–Crippen MR) is 73.2 cm³/mol. The molecule has 0 radical (unpaired) electrons. The Morgan fingerprint density at radius 2 is 1.38 bits per heavy atom. The van der Waals surface area contributed by atoms with Crippen molar-refractivity contribution in [3.05, 3.63) is 35.4 Å². The van der Waals surface area contributed by atoms with Crippen LogP contribution in [0.2, 0.25) is 0 Å². The molecule has 29 heavy (non-hydrogen) atoms. The number of hydrogen-bond acceptors (Lipinski definition) is 3. The lowest BCUT2D eigenvalue weighted by Crippen LogP contribution is -2.66. The van der Waals surface area contributed by atoms with Crippen LogP contribution in [0.4, 0.5) is 48.3 Å². The summed E-state index contributed by atoms with van der Waals surface area (Å²) < 4.78 is 147. The molecule has 166 valence electrons. The summed E-state index contributed by atoms with van der Waals surface area (Å²) >= 11 is 0. The van der Waals surface area contributed by atoms with Crippen LogP contribution in [0, 0.1) is 0 Å². The van der Waals surface area contributed by atoms with Crippen molar-refractivity contribution in [2.45, 2.75) is 42.4 Å². The van der Waals surface area contributed by atoms with Gasteiger partial charge in [0, 0.05) is 6.42 Å². The molecule has 0 heterocycles. The highest BCUT2D eigenvalue weighted by molar-refractivity contribution is 5.91. The number of halogens is 11. The first-order valence-corrected chi connectivity index (χ1v) is 7.28. The SMILES string of the molecule is COC(=O)c1ccccc1C(O)CC(F)(F)C(F)(F)C(F)(F)C(F)(F)C(F)(F)F. The number of rotatable bonds is 7. The minimum Gasteiger partial charge on any atom is -0.465 e. The zero-order valence-corrected chi connectivity index (χ0v) is 14.0. The number of carbonyl (C=O) groups is 1. The number of methoxy groups -OCH3 is 1. The fraction of sp³-hybridized carbons (Fsp3) is 0.533. The molecule has 1 N–H and O–H groups in total. The molecular formula is C15H11F11O3. The molecule has 1 rings (SSSR count). The topological polar surface area (TPSA) is 46.5 Å². The van der Waals surface area contributed by atoms with Crippen LogP contribution in [-0.2, 0) is 4.74 Å². The maximum Gasteiger partial charge on any atom is 0.460 e. The third kappa shape index (κ3) is 4.12. The standard InChI is InChI=1S/C15H11F11O3/c1-29-10(28)8-5-3-2-4-7(8)9(27)6-11(16,17)12(18,19)13(20,21)14(22,23)15(24,25)26/h2-5,9,27H,6H2,1H3. The smallest absolute Gasteiger partial charge is 0.460 e. The second kappa shape index (κ2) is 7.61. The van der Waals surface area contributed by atoms with Crippen LogP contribution in [0.5, 0.6) is 0 Å². The van der Waals surface area contributed by atoms with E-state index < -0.39 is 59.5 Å². The highest BCUT2D eigenvalue weighted by Gasteiger charge is 2.87. The van der Waals surface area contributed by atoms with Crippen molar-refractivity contribution in [2.24, 2.45) is 0 Å². The van der Waals surface area contributed by atoms with E-state index in [1.54, 1.807) is 0 Å². The number of ether oxygens (including phenoxy) is 1. The number of aliphatic hydroxyl groups excluding tert-OH is 1. The quantitative estimate of drug-likeness (QED) is 0.472. The lowest BCUT2D eigenvalue weighted by molar-refractivity contribution is -0.423. The number of aliphatic hydroxyl groups is 1. The Morgan fingerprint density at radius 1 is 0.897 bits per heavy atom. The van der Waals surface area contributed by atoms with Gasteiger partial charge in [-0.25, -0.2) is 4.79 Å². The Hall–Kier alpha value is -2.12. The van der Waals surface area contributed by atoms with Crippen LogP contribution < -0.4 is 0 Å². The molecule has 14 heteroatoms. The molecule has 1 aromatic carbocycles. The zero-order chi connectivity index (χ0) is 23.1. The Labute approximate surface area is 155 Å². The first-order valence-electron chi connectivity index (χ1n) is 7.28. The van der Waals surface area contributed by atoms with Gasteiger partial charge in [-0.15, -0.1) is 0 Å². The number of alkyl halides is 11. The van der Waals surface area contributed by atoms with Crippen molar-refractivity contribution < 1.29 is 62.9 Å². The molecule has 0 bridgehead atoms. The van der Waals surface area contributed by atoms with Gasteiger partial charge in [0.1, 0.15) is 0 Å². The average molecular weight is 448 g/mol. The molecule has 3 nitrogen and oxygen atoms in total. The van der Waals surface area contributed by atoms with E-state index in [2.05, 4.69) is 4.74 Å². The van der Waals surface area contributed by atoms with E-state index in [1.165, 1.54) is 0 Å². The van der Waals surface area contributed by atoms with E-state index in [0.29, 0.717) is 0 Å². The van der Waals surface area contributed by atoms with E-state index in [1.807, 2.05) is 0 Å². The van der Waals surface area contributed by atoms with Gasteiger partial charge >= 0.3 is 35.8 Å². The van der Waals surface area contributed by atoms with Crippen molar-refractivity contribution in [3.63, 3.8) is 0 Å². The summed E-state index contributed by atoms with van der Waals surface area (Å²) in [6.45, 7) is 0. The van der Waals surface area contributed by atoms with Gasteiger partial charge in [0.05, 0.1) is 18.8 Å². The van der Waals surface area contributed by atoms with Gasteiger partial charge in [-0.1, -0.05) is 18.2 Å².